The lowest BCUT2D eigenvalue weighted by molar-refractivity contribution is 0.184. The van der Waals surface area contributed by atoms with Gasteiger partial charge >= 0.3 is 0 Å². The second-order valence-electron chi connectivity index (χ2n) is 4.30. The van der Waals surface area contributed by atoms with Crippen LogP contribution < -0.4 is 5.32 Å². The van der Waals surface area contributed by atoms with Crippen molar-refractivity contribution in [1.82, 2.24) is 0 Å². The van der Waals surface area contributed by atoms with E-state index in [2.05, 4.69) is 21.2 Å². The predicted octanol–water partition coefficient (Wildman–Crippen LogP) is 5.00. The number of ether oxygens (including phenoxy) is 1. The Balaban J connectivity index is 2.17. The van der Waals surface area contributed by atoms with Crippen molar-refractivity contribution in [3.8, 4) is 0 Å². The fourth-order valence-electron chi connectivity index (χ4n) is 1.92. The molecule has 2 rings (SSSR count). The van der Waals surface area contributed by atoms with Crippen LogP contribution in [0.4, 0.5) is 10.1 Å². The maximum atomic E-state index is 13.2. The van der Waals surface area contributed by atoms with Crippen molar-refractivity contribution in [1.29, 1.82) is 0 Å². The maximum absolute atomic E-state index is 13.2. The smallest absolute Gasteiger partial charge is 0.125 e. The Labute approximate surface area is 131 Å². The summed E-state index contributed by atoms with van der Waals surface area (Å²) in [7, 11) is 1.66. The predicted molar refractivity (Wildman–Crippen MR) is 83.6 cm³/mol. The standard InChI is InChI=1S/C15H14BrClFNO/c1-20-9-11-5-3-2-4-10(11)8-19-15-13(16)6-12(18)7-14(15)17/h2-7,19H,8-9H2,1H3. The molecule has 2 aromatic carbocycles. The van der Waals surface area contributed by atoms with Crippen LogP contribution in [0.2, 0.25) is 5.02 Å². The summed E-state index contributed by atoms with van der Waals surface area (Å²) in [6.07, 6.45) is 0. The number of rotatable bonds is 5. The van der Waals surface area contributed by atoms with Crippen molar-refractivity contribution in [3.63, 3.8) is 0 Å². The van der Waals surface area contributed by atoms with Crippen LogP contribution in [-0.4, -0.2) is 7.11 Å². The summed E-state index contributed by atoms with van der Waals surface area (Å²) in [5, 5.41) is 3.57. The van der Waals surface area contributed by atoms with Crippen molar-refractivity contribution in [2.45, 2.75) is 13.2 Å². The SMILES string of the molecule is COCc1ccccc1CNc1c(Cl)cc(F)cc1Br. The first-order chi connectivity index (χ1) is 9.61. The van der Waals surface area contributed by atoms with E-state index in [4.69, 9.17) is 16.3 Å². The van der Waals surface area contributed by atoms with Crippen molar-refractivity contribution >= 4 is 33.2 Å². The third-order valence-corrected chi connectivity index (χ3v) is 3.80. The van der Waals surface area contributed by atoms with Gasteiger partial charge in [-0.3, -0.25) is 0 Å². The fraction of sp³-hybridized carbons (Fsp3) is 0.200. The minimum atomic E-state index is -0.368. The molecule has 106 valence electrons. The molecule has 0 saturated heterocycles. The summed E-state index contributed by atoms with van der Waals surface area (Å²) in [5.41, 5.74) is 2.90. The highest BCUT2D eigenvalue weighted by atomic mass is 79.9. The lowest BCUT2D eigenvalue weighted by Gasteiger charge is -2.13. The lowest BCUT2D eigenvalue weighted by atomic mass is 10.1. The molecule has 0 saturated carbocycles. The molecule has 0 bridgehead atoms. The Hall–Kier alpha value is -1.10. The second-order valence-corrected chi connectivity index (χ2v) is 5.56. The van der Waals surface area contributed by atoms with Gasteiger partial charge in [-0.25, -0.2) is 4.39 Å². The average molecular weight is 359 g/mol. The minimum Gasteiger partial charge on any atom is -0.380 e. The van der Waals surface area contributed by atoms with Crippen molar-refractivity contribution in [3.05, 3.63) is 62.8 Å². The molecule has 20 heavy (non-hydrogen) atoms. The molecule has 0 radical (unpaired) electrons. The van der Waals surface area contributed by atoms with Crippen LogP contribution in [0.3, 0.4) is 0 Å². The van der Waals surface area contributed by atoms with Gasteiger partial charge in [-0.1, -0.05) is 35.9 Å². The van der Waals surface area contributed by atoms with Crippen LogP contribution in [-0.2, 0) is 17.9 Å². The largest absolute Gasteiger partial charge is 0.380 e. The van der Waals surface area contributed by atoms with Gasteiger partial charge in [0.2, 0.25) is 0 Å². The number of hydrogen-bond donors (Lipinski definition) is 1. The first kappa shape index (κ1) is 15.3. The normalized spacial score (nSPS) is 10.6. The molecule has 1 N–H and O–H groups in total. The number of hydrogen-bond acceptors (Lipinski definition) is 2. The molecule has 0 aliphatic carbocycles. The molecule has 0 atom stereocenters. The summed E-state index contributed by atoms with van der Waals surface area (Å²) in [5.74, 6) is -0.368. The highest BCUT2D eigenvalue weighted by Gasteiger charge is 2.09. The topological polar surface area (TPSA) is 21.3 Å². The van der Waals surface area contributed by atoms with Gasteiger partial charge in [-0.15, -0.1) is 0 Å². The molecule has 0 unspecified atom stereocenters. The minimum absolute atomic E-state index is 0.348. The van der Waals surface area contributed by atoms with E-state index in [0.29, 0.717) is 28.3 Å². The van der Waals surface area contributed by atoms with E-state index in [1.807, 2.05) is 24.3 Å². The second kappa shape index (κ2) is 7.07. The Morgan fingerprint density at radius 2 is 1.95 bits per heavy atom. The quantitative estimate of drug-likeness (QED) is 0.812. The molecular weight excluding hydrogens is 345 g/mol. The van der Waals surface area contributed by atoms with Gasteiger partial charge in [-0.05, 0) is 39.2 Å². The number of methoxy groups -OCH3 is 1. The van der Waals surface area contributed by atoms with Gasteiger partial charge in [0.25, 0.3) is 0 Å². The molecule has 2 nitrogen and oxygen atoms in total. The summed E-state index contributed by atoms with van der Waals surface area (Å²) in [6, 6.07) is 10.6. The zero-order valence-corrected chi connectivity index (χ0v) is 13.3. The van der Waals surface area contributed by atoms with E-state index < -0.39 is 0 Å². The number of nitrogens with one attached hydrogen (secondary N) is 1. The van der Waals surface area contributed by atoms with Crippen molar-refractivity contribution < 1.29 is 9.13 Å². The number of anilines is 1. The summed E-state index contributed by atoms with van der Waals surface area (Å²) < 4.78 is 19.0. The lowest BCUT2D eigenvalue weighted by Crippen LogP contribution is -2.04. The van der Waals surface area contributed by atoms with E-state index in [9.17, 15) is 4.39 Å². The first-order valence-electron chi connectivity index (χ1n) is 6.06. The van der Waals surface area contributed by atoms with Gasteiger partial charge < -0.3 is 10.1 Å². The third kappa shape index (κ3) is 3.72. The molecule has 0 aliphatic heterocycles. The molecule has 2 aromatic rings. The molecule has 0 spiro atoms. The van der Waals surface area contributed by atoms with Crippen LogP contribution >= 0.6 is 27.5 Å². The van der Waals surface area contributed by atoms with E-state index in [1.165, 1.54) is 12.1 Å². The summed E-state index contributed by atoms with van der Waals surface area (Å²) in [4.78, 5) is 0. The highest BCUT2D eigenvalue weighted by Crippen LogP contribution is 2.32. The van der Waals surface area contributed by atoms with E-state index in [1.54, 1.807) is 7.11 Å². The monoisotopic (exact) mass is 357 g/mol. The van der Waals surface area contributed by atoms with Crippen molar-refractivity contribution in [2.75, 3.05) is 12.4 Å². The Bertz CT molecular complexity index is 583. The zero-order valence-electron chi connectivity index (χ0n) is 10.9. The van der Waals surface area contributed by atoms with Gasteiger partial charge in [0.05, 0.1) is 17.3 Å². The van der Waals surface area contributed by atoms with Gasteiger partial charge in [0, 0.05) is 18.1 Å². The van der Waals surface area contributed by atoms with Crippen LogP contribution in [0.25, 0.3) is 0 Å². The Morgan fingerprint density at radius 1 is 1.25 bits per heavy atom. The fourth-order valence-corrected chi connectivity index (χ4v) is 2.88. The first-order valence-corrected chi connectivity index (χ1v) is 7.23. The van der Waals surface area contributed by atoms with Gasteiger partial charge in [0.15, 0.2) is 0 Å². The van der Waals surface area contributed by atoms with E-state index >= 15 is 0 Å². The maximum Gasteiger partial charge on any atom is 0.125 e. The molecule has 0 heterocycles. The Morgan fingerprint density at radius 3 is 2.60 bits per heavy atom. The van der Waals surface area contributed by atoms with Crippen molar-refractivity contribution in [2.24, 2.45) is 0 Å². The molecule has 5 heteroatoms. The average Bonchev–Trinajstić information content (AvgIpc) is 2.39. The number of halogens is 3. The van der Waals surface area contributed by atoms with Crippen LogP contribution in [0.15, 0.2) is 40.9 Å². The van der Waals surface area contributed by atoms with E-state index in [0.717, 1.165) is 11.1 Å². The zero-order chi connectivity index (χ0) is 14.5. The Kier molecular flexibility index (Phi) is 5.40. The van der Waals surface area contributed by atoms with Crippen LogP contribution in [0.1, 0.15) is 11.1 Å². The van der Waals surface area contributed by atoms with E-state index in [-0.39, 0.29) is 5.82 Å². The molecular formula is C15H14BrClFNO. The molecule has 0 aliphatic rings. The van der Waals surface area contributed by atoms with Crippen LogP contribution in [0, 0.1) is 5.82 Å². The van der Waals surface area contributed by atoms with Gasteiger partial charge in [0.1, 0.15) is 5.82 Å². The molecule has 0 amide bonds. The van der Waals surface area contributed by atoms with Crippen LogP contribution in [0.5, 0.6) is 0 Å². The van der Waals surface area contributed by atoms with Gasteiger partial charge in [-0.2, -0.15) is 0 Å². The number of benzene rings is 2. The summed E-state index contributed by atoms with van der Waals surface area (Å²) >= 11 is 9.35. The molecule has 0 aromatic heterocycles. The summed E-state index contributed by atoms with van der Waals surface area (Å²) in [6.45, 7) is 1.14. The highest BCUT2D eigenvalue weighted by molar-refractivity contribution is 9.10. The third-order valence-electron chi connectivity index (χ3n) is 2.88. The molecule has 0 fully saturated rings.